The van der Waals surface area contributed by atoms with E-state index in [1.807, 2.05) is 32.9 Å². The van der Waals surface area contributed by atoms with Crippen LogP contribution in [0.5, 0.6) is 0 Å². The van der Waals surface area contributed by atoms with E-state index in [0.717, 1.165) is 41.5 Å². The van der Waals surface area contributed by atoms with Crippen LogP contribution in [0.15, 0.2) is 35.3 Å². The average molecular weight is 376 g/mol. The lowest BCUT2D eigenvalue weighted by molar-refractivity contribution is 0.889. The number of hydrogen-bond acceptors (Lipinski definition) is 6. The molecule has 3 heterocycles. The van der Waals surface area contributed by atoms with Crippen LogP contribution in [0.25, 0.3) is 11.3 Å². The Hall–Kier alpha value is -3.22. The first-order valence-corrected chi connectivity index (χ1v) is 9.54. The van der Waals surface area contributed by atoms with Crippen LogP contribution in [-0.4, -0.2) is 33.0 Å². The van der Waals surface area contributed by atoms with Crippen molar-refractivity contribution in [3.63, 3.8) is 0 Å². The minimum Gasteiger partial charge on any atom is -0.341 e. The third-order valence-corrected chi connectivity index (χ3v) is 5.01. The molecule has 28 heavy (non-hydrogen) atoms. The number of rotatable bonds is 4. The minimum atomic E-state index is -0.222. The predicted molar refractivity (Wildman–Crippen MR) is 111 cm³/mol. The van der Waals surface area contributed by atoms with E-state index in [4.69, 9.17) is 0 Å². The van der Waals surface area contributed by atoms with E-state index in [0.29, 0.717) is 11.6 Å². The summed E-state index contributed by atoms with van der Waals surface area (Å²) in [5.74, 6) is 1.15. The Morgan fingerprint density at radius 3 is 2.57 bits per heavy atom. The molecule has 0 amide bonds. The zero-order chi connectivity index (χ0) is 19.7. The highest BCUT2D eigenvalue weighted by atomic mass is 16.1. The Balaban J connectivity index is 1.66. The van der Waals surface area contributed by atoms with Gasteiger partial charge >= 0.3 is 0 Å². The molecule has 0 atom stereocenters. The van der Waals surface area contributed by atoms with Gasteiger partial charge in [0.2, 0.25) is 11.9 Å². The van der Waals surface area contributed by atoms with E-state index < -0.39 is 0 Å². The second kappa shape index (κ2) is 7.42. The molecule has 2 aromatic heterocycles. The summed E-state index contributed by atoms with van der Waals surface area (Å²) >= 11 is 0. The Kier molecular flexibility index (Phi) is 4.81. The summed E-state index contributed by atoms with van der Waals surface area (Å²) in [6, 6.07) is 7.57. The van der Waals surface area contributed by atoms with E-state index in [1.165, 1.54) is 24.5 Å². The standard InChI is InChI=1S/C21H24N6O/c1-13-6-7-17(14(2)10-13)24-20-25-18(11-19(28)26-20)16-12-22-21(23-15(16)3)27-8-4-5-9-27/h6-7,10-12H,4-5,8-9H2,1-3H3,(H2,24,25,26,28). The molecule has 1 aliphatic heterocycles. The van der Waals surface area contributed by atoms with E-state index in [2.05, 4.69) is 36.2 Å². The summed E-state index contributed by atoms with van der Waals surface area (Å²) in [5, 5.41) is 3.21. The normalized spacial score (nSPS) is 13.8. The molecular formula is C21H24N6O. The second-order valence-electron chi connectivity index (χ2n) is 7.29. The van der Waals surface area contributed by atoms with Crippen molar-refractivity contribution in [1.29, 1.82) is 0 Å². The molecule has 4 rings (SSSR count). The van der Waals surface area contributed by atoms with Crippen molar-refractivity contribution in [2.75, 3.05) is 23.3 Å². The molecular weight excluding hydrogens is 352 g/mol. The van der Waals surface area contributed by atoms with Gasteiger partial charge in [0.05, 0.1) is 11.4 Å². The summed E-state index contributed by atoms with van der Waals surface area (Å²) in [4.78, 5) is 30.9. The number of anilines is 3. The summed E-state index contributed by atoms with van der Waals surface area (Å²) in [6.07, 6.45) is 4.11. The summed E-state index contributed by atoms with van der Waals surface area (Å²) in [5.41, 5.74) is 5.09. The van der Waals surface area contributed by atoms with Crippen molar-refractivity contribution >= 4 is 17.6 Å². The van der Waals surface area contributed by atoms with Crippen LogP contribution in [0.1, 0.15) is 29.7 Å². The number of aryl methyl sites for hydroxylation is 3. The number of aromatic amines is 1. The fraction of sp³-hybridized carbons (Fsp3) is 0.333. The lowest BCUT2D eigenvalue weighted by atomic mass is 10.1. The van der Waals surface area contributed by atoms with Gasteiger partial charge in [-0.1, -0.05) is 17.7 Å². The van der Waals surface area contributed by atoms with Crippen molar-refractivity contribution in [1.82, 2.24) is 19.9 Å². The predicted octanol–water partition coefficient (Wildman–Crippen LogP) is 3.50. The van der Waals surface area contributed by atoms with Gasteiger partial charge in [0.25, 0.3) is 5.56 Å². The first-order chi connectivity index (χ1) is 13.5. The number of hydrogen-bond donors (Lipinski definition) is 2. The fourth-order valence-electron chi connectivity index (χ4n) is 3.51. The first kappa shape index (κ1) is 18.2. The third kappa shape index (κ3) is 3.74. The van der Waals surface area contributed by atoms with Gasteiger partial charge in [-0.15, -0.1) is 0 Å². The van der Waals surface area contributed by atoms with E-state index >= 15 is 0 Å². The molecule has 0 radical (unpaired) electrons. The second-order valence-corrected chi connectivity index (χ2v) is 7.29. The van der Waals surface area contributed by atoms with Gasteiger partial charge in [-0.3, -0.25) is 9.78 Å². The van der Waals surface area contributed by atoms with Gasteiger partial charge in [-0.2, -0.15) is 0 Å². The molecule has 0 bridgehead atoms. The molecule has 0 aliphatic carbocycles. The van der Waals surface area contributed by atoms with Gasteiger partial charge < -0.3 is 10.2 Å². The molecule has 1 aromatic carbocycles. The van der Waals surface area contributed by atoms with E-state index in [1.54, 1.807) is 6.20 Å². The molecule has 1 fully saturated rings. The van der Waals surface area contributed by atoms with Crippen LogP contribution in [0.2, 0.25) is 0 Å². The molecule has 144 valence electrons. The van der Waals surface area contributed by atoms with Gasteiger partial charge in [0, 0.05) is 36.6 Å². The highest BCUT2D eigenvalue weighted by Gasteiger charge is 2.17. The van der Waals surface area contributed by atoms with Crippen LogP contribution >= 0.6 is 0 Å². The maximum Gasteiger partial charge on any atom is 0.252 e. The van der Waals surface area contributed by atoms with Crippen molar-refractivity contribution < 1.29 is 0 Å². The maximum atomic E-state index is 12.2. The Labute approximate surface area is 163 Å². The smallest absolute Gasteiger partial charge is 0.252 e. The molecule has 1 saturated heterocycles. The van der Waals surface area contributed by atoms with Crippen LogP contribution in [-0.2, 0) is 0 Å². The first-order valence-electron chi connectivity index (χ1n) is 9.54. The van der Waals surface area contributed by atoms with Gasteiger partial charge in [-0.05, 0) is 45.2 Å². The lowest BCUT2D eigenvalue weighted by Gasteiger charge is -2.16. The molecule has 7 heteroatoms. The highest BCUT2D eigenvalue weighted by Crippen LogP contribution is 2.24. The van der Waals surface area contributed by atoms with Crippen molar-refractivity contribution in [2.45, 2.75) is 33.6 Å². The molecule has 0 unspecified atom stereocenters. The van der Waals surface area contributed by atoms with Crippen LogP contribution in [0.3, 0.4) is 0 Å². The number of nitrogens with zero attached hydrogens (tertiary/aromatic N) is 4. The van der Waals surface area contributed by atoms with Crippen molar-refractivity contribution in [3.8, 4) is 11.3 Å². The Morgan fingerprint density at radius 1 is 1.07 bits per heavy atom. The van der Waals surface area contributed by atoms with E-state index in [-0.39, 0.29) is 5.56 Å². The number of aromatic nitrogens is 4. The van der Waals surface area contributed by atoms with Crippen LogP contribution < -0.4 is 15.8 Å². The van der Waals surface area contributed by atoms with Crippen LogP contribution in [0, 0.1) is 20.8 Å². The molecule has 1 aliphatic rings. The maximum absolute atomic E-state index is 12.2. The Bertz CT molecular complexity index is 1070. The zero-order valence-electron chi connectivity index (χ0n) is 16.4. The number of benzene rings is 1. The Morgan fingerprint density at radius 2 is 1.86 bits per heavy atom. The monoisotopic (exact) mass is 376 g/mol. The quantitative estimate of drug-likeness (QED) is 0.725. The number of H-pyrrole nitrogens is 1. The number of nitrogens with one attached hydrogen (secondary N) is 2. The molecule has 0 spiro atoms. The minimum absolute atomic E-state index is 0.222. The lowest BCUT2D eigenvalue weighted by Crippen LogP contribution is -2.20. The summed E-state index contributed by atoms with van der Waals surface area (Å²) < 4.78 is 0. The highest BCUT2D eigenvalue weighted by molar-refractivity contribution is 5.65. The van der Waals surface area contributed by atoms with Crippen molar-refractivity contribution in [3.05, 3.63) is 57.6 Å². The van der Waals surface area contributed by atoms with Gasteiger partial charge in [0.15, 0.2) is 0 Å². The molecule has 2 N–H and O–H groups in total. The molecule has 0 saturated carbocycles. The van der Waals surface area contributed by atoms with Gasteiger partial charge in [-0.25, -0.2) is 15.0 Å². The summed E-state index contributed by atoms with van der Waals surface area (Å²) in [7, 11) is 0. The van der Waals surface area contributed by atoms with Gasteiger partial charge in [0.1, 0.15) is 0 Å². The van der Waals surface area contributed by atoms with Crippen molar-refractivity contribution in [2.24, 2.45) is 0 Å². The molecule has 3 aromatic rings. The summed E-state index contributed by atoms with van der Waals surface area (Å²) in [6.45, 7) is 7.98. The third-order valence-electron chi connectivity index (χ3n) is 5.01. The topological polar surface area (TPSA) is 86.8 Å². The van der Waals surface area contributed by atoms with Crippen LogP contribution in [0.4, 0.5) is 17.6 Å². The SMILES string of the molecule is Cc1ccc(Nc2nc(-c3cnc(N4CCCC4)nc3C)cc(=O)[nH]2)c(C)c1. The zero-order valence-corrected chi connectivity index (χ0v) is 16.4. The molecule has 7 nitrogen and oxygen atoms in total. The fourth-order valence-corrected chi connectivity index (χ4v) is 3.51. The average Bonchev–Trinajstić information content (AvgIpc) is 3.18. The largest absolute Gasteiger partial charge is 0.341 e. The van der Waals surface area contributed by atoms with E-state index in [9.17, 15) is 4.79 Å².